The minimum atomic E-state index is -1.52. The maximum absolute atomic E-state index is 12.4. The Morgan fingerprint density at radius 1 is 1.52 bits per heavy atom. The van der Waals surface area contributed by atoms with Crippen LogP contribution in [0.25, 0.3) is 11.0 Å². The topological polar surface area (TPSA) is 101 Å². The van der Waals surface area contributed by atoms with Crippen molar-refractivity contribution in [2.24, 2.45) is 0 Å². The van der Waals surface area contributed by atoms with Crippen LogP contribution in [0.15, 0.2) is 23.4 Å². The summed E-state index contributed by atoms with van der Waals surface area (Å²) in [5.74, 6) is -0.221. The monoisotopic (exact) mass is 308 g/mol. The van der Waals surface area contributed by atoms with Crippen molar-refractivity contribution in [3.8, 4) is 0 Å². The summed E-state index contributed by atoms with van der Waals surface area (Å²) in [5.41, 5.74) is 7.71. The molecule has 2 rings (SSSR count). The van der Waals surface area contributed by atoms with Crippen LogP contribution in [0.5, 0.6) is 0 Å². The fraction of sp³-hybridized carbons (Fsp3) is 0.429. The van der Waals surface area contributed by atoms with Crippen LogP contribution >= 0.6 is 0 Å². The number of fused-ring (bicyclic) bond motifs is 1. The number of nitrogens with one attached hydrogen (secondary N) is 2. The maximum atomic E-state index is 12.4. The Morgan fingerprint density at radius 3 is 3.00 bits per heavy atom. The number of nitrogens with zero attached hydrogens (tertiary/aromatic N) is 1. The summed E-state index contributed by atoms with van der Waals surface area (Å²) >= 11 is 0. The van der Waals surface area contributed by atoms with Crippen LogP contribution in [0.4, 0.5) is 5.69 Å². The first-order valence-corrected chi connectivity index (χ1v) is 8.17. The average Bonchev–Trinajstić information content (AvgIpc) is 2.88. The summed E-state index contributed by atoms with van der Waals surface area (Å²) in [6.07, 6.45) is 1.91. The van der Waals surface area contributed by atoms with Gasteiger partial charge in [-0.3, -0.25) is 9.00 Å². The van der Waals surface area contributed by atoms with Crippen molar-refractivity contribution in [2.45, 2.75) is 37.1 Å². The molecule has 0 fully saturated rings. The fourth-order valence-corrected chi connectivity index (χ4v) is 2.91. The maximum Gasteiger partial charge on any atom is 0.235 e. The van der Waals surface area contributed by atoms with Gasteiger partial charge in [0.05, 0.1) is 11.0 Å². The normalized spacial score (nSPS) is 14.0. The molecule has 2 aromatic rings. The van der Waals surface area contributed by atoms with Crippen molar-refractivity contribution >= 4 is 33.4 Å². The molecule has 0 aliphatic rings. The Bertz CT molecular complexity index is 668. The van der Waals surface area contributed by atoms with E-state index in [1.165, 1.54) is 0 Å². The molecule has 2 unspecified atom stereocenters. The van der Waals surface area contributed by atoms with Crippen LogP contribution in [-0.2, 0) is 15.6 Å². The number of anilines is 1. The second-order valence-electron chi connectivity index (χ2n) is 4.90. The van der Waals surface area contributed by atoms with E-state index in [0.717, 1.165) is 18.4 Å². The molecule has 7 heteroatoms. The molecular weight excluding hydrogens is 288 g/mol. The Balaban J connectivity index is 2.11. The molecule has 0 radical (unpaired) electrons. The van der Waals surface area contributed by atoms with Gasteiger partial charge in [0.1, 0.15) is 16.0 Å². The van der Waals surface area contributed by atoms with E-state index in [0.29, 0.717) is 22.9 Å². The van der Waals surface area contributed by atoms with Gasteiger partial charge in [-0.2, -0.15) is 0 Å². The number of nitrogens with two attached hydrogens (primary N) is 1. The second kappa shape index (κ2) is 6.71. The van der Waals surface area contributed by atoms with E-state index in [-0.39, 0.29) is 5.91 Å². The van der Waals surface area contributed by atoms with Crippen LogP contribution in [-0.4, -0.2) is 31.9 Å². The second-order valence-corrected chi connectivity index (χ2v) is 6.59. The number of hydrogen-bond acceptors (Lipinski definition) is 4. The zero-order valence-corrected chi connectivity index (χ0v) is 13.0. The van der Waals surface area contributed by atoms with Gasteiger partial charge >= 0.3 is 0 Å². The summed E-state index contributed by atoms with van der Waals surface area (Å²) in [6, 6.07) is 5.22. The number of hydrogen-bond donors (Lipinski definition) is 3. The van der Waals surface area contributed by atoms with E-state index in [1.807, 2.05) is 6.92 Å². The number of amides is 1. The highest BCUT2D eigenvalue weighted by molar-refractivity contribution is 7.86. The number of benzene rings is 1. The van der Waals surface area contributed by atoms with Crippen LogP contribution in [0.1, 0.15) is 26.7 Å². The Hall–Kier alpha value is -1.89. The molecule has 0 spiro atoms. The van der Waals surface area contributed by atoms with Crippen molar-refractivity contribution in [1.29, 1.82) is 0 Å². The summed E-state index contributed by atoms with van der Waals surface area (Å²) in [7, 11) is -1.52. The molecule has 1 heterocycles. The molecule has 1 aromatic heterocycles. The Kier molecular flexibility index (Phi) is 4.95. The van der Waals surface area contributed by atoms with E-state index in [4.69, 9.17) is 5.73 Å². The summed E-state index contributed by atoms with van der Waals surface area (Å²) in [6.45, 7) is 4.29. The van der Waals surface area contributed by atoms with E-state index < -0.39 is 16.0 Å². The smallest absolute Gasteiger partial charge is 0.235 e. The van der Waals surface area contributed by atoms with E-state index in [9.17, 15) is 9.00 Å². The predicted molar refractivity (Wildman–Crippen MR) is 84.3 cm³/mol. The van der Waals surface area contributed by atoms with E-state index in [2.05, 4.69) is 15.3 Å². The number of H-pyrrole nitrogens is 1. The van der Waals surface area contributed by atoms with Gasteiger partial charge in [-0.15, -0.1) is 0 Å². The van der Waals surface area contributed by atoms with Gasteiger partial charge in [0.15, 0.2) is 5.16 Å². The number of unbranched alkanes of at least 4 members (excludes halogenated alkanes) is 1. The number of aromatic amines is 1. The highest BCUT2D eigenvalue weighted by Gasteiger charge is 2.23. The number of carbonyl (C=O) groups is 1. The van der Waals surface area contributed by atoms with Gasteiger partial charge in [0, 0.05) is 12.2 Å². The first-order valence-electron chi connectivity index (χ1n) is 6.96. The standard InChI is InChI=1S/C14H20N4O2S/c1-3-4-7-16-13(19)9(2)21(20)14-17-11-6-5-10(15)8-12(11)18-14/h5-6,8-9H,3-4,7,15H2,1-2H3,(H,16,19)(H,17,18). The number of rotatable bonds is 6. The van der Waals surface area contributed by atoms with E-state index >= 15 is 0 Å². The van der Waals surface area contributed by atoms with Gasteiger partial charge < -0.3 is 16.0 Å². The third kappa shape index (κ3) is 3.60. The van der Waals surface area contributed by atoms with Gasteiger partial charge in [-0.05, 0) is 31.5 Å². The van der Waals surface area contributed by atoms with Gasteiger partial charge in [0.2, 0.25) is 5.91 Å². The lowest BCUT2D eigenvalue weighted by Crippen LogP contribution is -2.36. The lowest BCUT2D eigenvalue weighted by molar-refractivity contribution is -0.120. The predicted octanol–water partition coefficient (Wildman–Crippen LogP) is 1.56. The zero-order valence-electron chi connectivity index (χ0n) is 12.2. The molecule has 114 valence electrons. The lowest BCUT2D eigenvalue weighted by atomic mass is 10.3. The number of aromatic nitrogens is 2. The first kappa shape index (κ1) is 15.5. The molecule has 1 amide bonds. The largest absolute Gasteiger partial charge is 0.399 e. The van der Waals surface area contributed by atoms with Gasteiger partial charge in [0.25, 0.3) is 0 Å². The summed E-state index contributed by atoms with van der Waals surface area (Å²) in [5, 5.41) is 2.43. The molecule has 0 aliphatic heterocycles. The molecule has 0 saturated carbocycles. The van der Waals surface area contributed by atoms with Crippen LogP contribution < -0.4 is 11.1 Å². The summed E-state index contributed by atoms with van der Waals surface area (Å²) < 4.78 is 12.4. The van der Waals surface area contributed by atoms with Crippen molar-refractivity contribution in [3.63, 3.8) is 0 Å². The van der Waals surface area contributed by atoms with Crippen molar-refractivity contribution < 1.29 is 9.00 Å². The van der Waals surface area contributed by atoms with Crippen LogP contribution in [0, 0.1) is 0 Å². The average molecular weight is 308 g/mol. The van der Waals surface area contributed by atoms with E-state index in [1.54, 1.807) is 25.1 Å². The molecule has 6 nitrogen and oxygen atoms in total. The molecule has 1 aromatic carbocycles. The number of imidazole rings is 1. The third-order valence-electron chi connectivity index (χ3n) is 3.19. The Labute approximate surface area is 126 Å². The van der Waals surface area contributed by atoms with Crippen molar-refractivity contribution in [1.82, 2.24) is 15.3 Å². The highest BCUT2D eigenvalue weighted by atomic mass is 32.2. The molecule has 0 aliphatic carbocycles. The molecule has 0 bridgehead atoms. The van der Waals surface area contributed by atoms with Gasteiger partial charge in [-0.1, -0.05) is 13.3 Å². The summed E-state index contributed by atoms with van der Waals surface area (Å²) in [4.78, 5) is 19.2. The lowest BCUT2D eigenvalue weighted by Gasteiger charge is -2.10. The minimum Gasteiger partial charge on any atom is -0.399 e. The molecule has 4 N–H and O–H groups in total. The first-order chi connectivity index (χ1) is 10.0. The molecule has 0 saturated heterocycles. The fourth-order valence-electron chi connectivity index (χ4n) is 1.90. The SMILES string of the molecule is CCCCNC(=O)C(C)S(=O)c1nc2ccc(N)cc2[nH]1. The molecular formula is C14H20N4O2S. The quantitative estimate of drug-likeness (QED) is 0.557. The van der Waals surface area contributed by atoms with Crippen molar-refractivity contribution in [2.75, 3.05) is 12.3 Å². The molecule has 2 atom stereocenters. The third-order valence-corrected chi connectivity index (χ3v) is 4.63. The van der Waals surface area contributed by atoms with Gasteiger partial charge in [-0.25, -0.2) is 4.98 Å². The van der Waals surface area contributed by atoms with Crippen molar-refractivity contribution in [3.05, 3.63) is 18.2 Å². The minimum absolute atomic E-state index is 0.221. The van der Waals surface area contributed by atoms with Crippen LogP contribution in [0.2, 0.25) is 0 Å². The van der Waals surface area contributed by atoms with Crippen LogP contribution in [0.3, 0.4) is 0 Å². The highest BCUT2D eigenvalue weighted by Crippen LogP contribution is 2.18. The Morgan fingerprint density at radius 2 is 2.29 bits per heavy atom. The number of nitrogen functional groups attached to an aromatic ring is 1. The number of carbonyl (C=O) groups excluding carboxylic acids is 1. The molecule has 21 heavy (non-hydrogen) atoms. The zero-order chi connectivity index (χ0) is 15.4.